The lowest BCUT2D eigenvalue weighted by molar-refractivity contribution is -0.126. The van der Waals surface area contributed by atoms with Gasteiger partial charge in [-0.1, -0.05) is 26.0 Å². The van der Waals surface area contributed by atoms with Crippen molar-refractivity contribution in [3.8, 4) is 0 Å². The fourth-order valence-corrected chi connectivity index (χ4v) is 4.75. The molecule has 1 saturated heterocycles. The van der Waals surface area contributed by atoms with Crippen LogP contribution in [0, 0.1) is 5.92 Å². The minimum absolute atomic E-state index is 0.0482. The average molecular weight is 396 g/mol. The SMILES string of the molecule is CC(C)c1ccc(S(=O)(=O)N2CCC(C(=O)NCCCN(C)C)CC2)cc1. The first-order valence-corrected chi connectivity index (χ1v) is 11.2. The van der Waals surface area contributed by atoms with Crippen LogP contribution in [0.4, 0.5) is 0 Å². The fourth-order valence-electron chi connectivity index (χ4n) is 3.28. The van der Waals surface area contributed by atoms with Crippen molar-refractivity contribution in [1.82, 2.24) is 14.5 Å². The van der Waals surface area contributed by atoms with Gasteiger partial charge in [-0.25, -0.2) is 8.42 Å². The molecule has 0 aromatic heterocycles. The number of sulfonamides is 1. The Kier molecular flexibility index (Phi) is 7.82. The number of nitrogens with one attached hydrogen (secondary N) is 1. The van der Waals surface area contributed by atoms with E-state index in [-0.39, 0.29) is 11.8 Å². The molecule has 1 amide bonds. The summed E-state index contributed by atoms with van der Waals surface area (Å²) in [6, 6.07) is 7.14. The Morgan fingerprint density at radius 3 is 2.30 bits per heavy atom. The second-order valence-corrected chi connectivity index (χ2v) is 9.79. The first kappa shape index (κ1) is 21.9. The molecule has 2 rings (SSSR count). The van der Waals surface area contributed by atoms with Crippen LogP contribution in [0.5, 0.6) is 0 Å². The number of amides is 1. The van der Waals surface area contributed by atoms with Crippen molar-refractivity contribution in [2.75, 3.05) is 40.3 Å². The topological polar surface area (TPSA) is 69.7 Å². The maximum atomic E-state index is 12.8. The van der Waals surface area contributed by atoms with E-state index in [1.54, 1.807) is 12.1 Å². The summed E-state index contributed by atoms with van der Waals surface area (Å²) >= 11 is 0. The van der Waals surface area contributed by atoms with Crippen LogP contribution in [-0.4, -0.2) is 63.8 Å². The highest BCUT2D eigenvalue weighted by molar-refractivity contribution is 7.89. The molecule has 0 aliphatic carbocycles. The molecule has 0 bridgehead atoms. The van der Waals surface area contributed by atoms with Crippen LogP contribution in [0.2, 0.25) is 0 Å². The summed E-state index contributed by atoms with van der Waals surface area (Å²) in [5, 5.41) is 2.98. The summed E-state index contributed by atoms with van der Waals surface area (Å²) in [7, 11) is 0.529. The van der Waals surface area contributed by atoms with Gasteiger partial charge in [0.1, 0.15) is 0 Å². The van der Waals surface area contributed by atoms with E-state index in [4.69, 9.17) is 0 Å². The second-order valence-electron chi connectivity index (χ2n) is 7.85. The number of carbonyl (C=O) groups excluding carboxylic acids is 1. The third-order valence-electron chi connectivity index (χ3n) is 5.09. The number of rotatable bonds is 8. The van der Waals surface area contributed by atoms with Crippen molar-refractivity contribution in [2.24, 2.45) is 5.92 Å². The molecule has 0 unspecified atom stereocenters. The van der Waals surface area contributed by atoms with Crippen molar-refractivity contribution in [1.29, 1.82) is 0 Å². The lowest BCUT2D eigenvalue weighted by Crippen LogP contribution is -2.43. The summed E-state index contributed by atoms with van der Waals surface area (Å²) in [5.41, 5.74) is 1.12. The monoisotopic (exact) mass is 395 g/mol. The summed E-state index contributed by atoms with van der Waals surface area (Å²) in [6.45, 7) is 6.55. The number of nitrogens with zero attached hydrogens (tertiary/aromatic N) is 2. The van der Waals surface area contributed by atoms with Crippen molar-refractivity contribution >= 4 is 15.9 Å². The molecule has 27 heavy (non-hydrogen) atoms. The Morgan fingerprint density at radius 1 is 1.19 bits per heavy atom. The minimum Gasteiger partial charge on any atom is -0.356 e. The van der Waals surface area contributed by atoms with Crippen LogP contribution in [-0.2, 0) is 14.8 Å². The van der Waals surface area contributed by atoms with Gasteiger partial charge < -0.3 is 10.2 Å². The molecule has 1 fully saturated rings. The van der Waals surface area contributed by atoms with Gasteiger partial charge in [0.15, 0.2) is 0 Å². The maximum Gasteiger partial charge on any atom is 0.243 e. The van der Waals surface area contributed by atoms with Gasteiger partial charge in [0.05, 0.1) is 4.90 Å². The lowest BCUT2D eigenvalue weighted by atomic mass is 9.97. The zero-order valence-corrected chi connectivity index (χ0v) is 17.8. The zero-order chi connectivity index (χ0) is 20.0. The van der Waals surface area contributed by atoms with Gasteiger partial charge in [-0.2, -0.15) is 4.31 Å². The van der Waals surface area contributed by atoms with E-state index in [0.29, 0.717) is 43.3 Å². The van der Waals surface area contributed by atoms with Crippen molar-refractivity contribution < 1.29 is 13.2 Å². The van der Waals surface area contributed by atoms with Gasteiger partial charge in [0.25, 0.3) is 0 Å². The van der Waals surface area contributed by atoms with E-state index in [1.807, 2.05) is 26.2 Å². The summed E-state index contributed by atoms with van der Waals surface area (Å²) in [4.78, 5) is 14.7. The molecular weight excluding hydrogens is 362 g/mol. The van der Waals surface area contributed by atoms with E-state index in [1.165, 1.54) is 4.31 Å². The van der Waals surface area contributed by atoms with E-state index < -0.39 is 10.0 Å². The molecule has 1 aliphatic heterocycles. The molecule has 1 aliphatic rings. The van der Waals surface area contributed by atoms with E-state index >= 15 is 0 Å². The van der Waals surface area contributed by atoms with Crippen LogP contribution in [0.1, 0.15) is 44.6 Å². The van der Waals surface area contributed by atoms with Gasteiger partial charge in [0.2, 0.25) is 15.9 Å². The Hall–Kier alpha value is -1.44. The standard InChI is InChI=1S/C20H33N3O3S/c1-16(2)17-6-8-19(9-7-17)27(25,26)23-14-10-18(11-15-23)20(24)21-12-5-13-22(3)4/h6-9,16,18H,5,10-15H2,1-4H3,(H,21,24). The van der Waals surface area contributed by atoms with E-state index in [9.17, 15) is 13.2 Å². The summed E-state index contributed by atoms with van der Waals surface area (Å²) in [5.74, 6) is 0.319. The first-order chi connectivity index (χ1) is 12.7. The molecule has 1 aromatic rings. The van der Waals surface area contributed by atoms with Crippen LogP contribution in [0.15, 0.2) is 29.2 Å². The quantitative estimate of drug-likeness (QED) is 0.686. The van der Waals surface area contributed by atoms with Gasteiger partial charge in [-0.05, 0) is 63.5 Å². The highest BCUT2D eigenvalue weighted by atomic mass is 32.2. The summed E-state index contributed by atoms with van der Waals surface area (Å²) < 4.78 is 27.2. The van der Waals surface area contributed by atoms with E-state index in [2.05, 4.69) is 24.1 Å². The molecular formula is C20H33N3O3S. The van der Waals surface area contributed by atoms with Crippen molar-refractivity contribution in [2.45, 2.75) is 43.9 Å². The highest BCUT2D eigenvalue weighted by Gasteiger charge is 2.31. The molecule has 0 spiro atoms. The van der Waals surface area contributed by atoms with Crippen LogP contribution < -0.4 is 5.32 Å². The Labute approximate surface area is 164 Å². The van der Waals surface area contributed by atoms with Gasteiger partial charge in [0, 0.05) is 25.6 Å². The average Bonchev–Trinajstić information content (AvgIpc) is 2.65. The maximum absolute atomic E-state index is 12.8. The van der Waals surface area contributed by atoms with Crippen LogP contribution >= 0.6 is 0 Å². The molecule has 1 N–H and O–H groups in total. The second kappa shape index (κ2) is 9.66. The first-order valence-electron chi connectivity index (χ1n) is 9.74. The Morgan fingerprint density at radius 2 is 1.78 bits per heavy atom. The number of carbonyl (C=O) groups is 1. The van der Waals surface area contributed by atoms with Gasteiger partial charge in [-0.15, -0.1) is 0 Å². The minimum atomic E-state index is -3.49. The molecule has 1 heterocycles. The summed E-state index contributed by atoms with van der Waals surface area (Å²) in [6.07, 6.45) is 2.06. The third-order valence-corrected chi connectivity index (χ3v) is 7.00. The predicted octanol–water partition coefficient (Wildman–Crippen LogP) is 2.28. The van der Waals surface area contributed by atoms with E-state index in [0.717, 1.165) is 18.5 Å². The third kappa shape index (κ3) is 6.02. The number of benzene rings is 1. The Balaban J connectivity index is 1.87. The van der Waals surface area contributed by atoms with Gasteiger partial charge in [-0.3, -0.25) is 4.79 Å². The molecule has 1 aromatic carbocycles. The molecule has 0 atom stereocenters. The smallest absolute Gasteiger partial charge is 0.243 e. The largest absolute Gasteiger partial charge is 0.356 e. The molecule has 6 nitrogen and oxygen atoms in total. The fraction of sp³-hybridized carbons (Fsp3) is 0.650. The highest BCUT2D eigenvalue weighted by Crippen LogP contribution is 2.25. The molecule has 0 saturated carbocycles. The molecule has 7 heteroatoms. The number of hydrogen-bond donors (Lipinski definition) is 1. The van der Waals surface area contributed by atoms with Gasteiger partial charge >= 0.3 is 0 Å². The van der Waals surface area contributed by atoms with Crippen LogP contribution in [0.3, 0.4) is 0 Å². The Bertz CT molecular complexity index is 706. The number of piperidine rings is 1. The normalized spacial score (nSPS) is 16.8. The van der Waals surface area contributed by atoms with Crippen molar-refractivity contribution in [3.63, 3.8) is 0 Å². The lowest BCUT2D eigenvalue weighted by Gasteiger charge is -2.30. The number of hydrogen-bond acceptors (Lipinski definition) is 4. The van der Waals surface area contributed by atoms with Crippen LogP contribution in [0.25, 0.3) is 0 Å². The molecule has 0 radical (unpaired) electrons. The molecule has 152 valence electrons. The van der Waals surface area contributed by atoms with Crippen molar-refractivity contribution in [3.05, 3.63) is 29.8 Å². The predicted molar refractivity (Wildman–Crippen MR) is 108 cm³/mol. The zero-order valence-electron chi connectivity index (χ0n) is 16.9.